The fraction of sp³-hybridized carbons (Fsp3) is 0.840. The van der Waals surface area contributed by atoms with E-state index in [1.54, 1.807) is 0 Å². The summed E-state index contributed by atoms with van der Waals surface area (Å²) in [4.78, 5) is 0. The summed E-state index contributed by atoms with van der Waals surface area (Å²) in [7, 11) is 0. The predicted molar refractivity (Wildman–Crippen MR) is 111 cm³/mol. The van der Waals surface area contributed by atoms with E-state index >= 15 is 0 Å². The van der Waals surface area contributed by atoms with Crippen molar-refractivity contribution in [2.75, 3.05) is 6.61 Å². The molecule has 2 N–H and O–H groups in total. The molecule has 2 saturated carbocycles. The number of aliphatic hydroxyl groups is 2. The van der Waals surface area contributed by atoms with Crippen LogP contribution in [0.2, 0.25) is 0 Å². The largest absolute Gasteiger partial charge is 0.512 e. The third kappa shape index (κ3) is 2.61. The van der Waals surface area contributed by atoms with Crippen LogP contribution < -0.4 is 0 Å². The van der Waals surface area contributed by atoms with Crippen LogP contribution in [0.3, 0.4) is 0 Å². The van der Waals surface area contributed by atoms with Crippen molar-refractivity contribution in [3.05, 3.63) is 23.0 Å². The van der Waals surface area contributed by atoms with Crippen molar-refractivity contribution in [1.82, 2.24) is 0 Å². The smallest absolute Gasteiger partial charge is 0.0949 e. The molecule has 5 rings (SSSR count). The lowest BCUT2D eigenvalue weighted by Crippen LogP contribution is -2.53. The van der Waals surface area contributed by atoms with E-state index in [0.717, 1.165) is 45.1 Å². The van der Waals surface area contributed by atoms with Crippen LogP contribution >= 0.6 is 0 Å². The van der Waals surface area contributed by atoms with Gasteiger partial charge in [-0.2, -0.15) is 0 Å². The van der Waals surface area contributed by atoms with Crippen LogP contribution in [0.25, 0.3) is 0 Å². The van der Waals surface area contributed by atoms with Gasteiger partial charge in [-0.05, 0) is 85.9 Å². The van der Waals surface area contributed by atoms with E-state index in [-0.39, 0.29) is 23.0 Å². The first-order valence-electron chi connectivity index (χ1n) is 11.8. The standard InChI is InChI=1S/C25H38O3/c1-15-12-16-13-17(26)7-9-24(16,2)18-8-10-25(3)19(22(15)18)14-20(27)23(25)21-6-4-5-11-28-21/h12,15,17-19,21-22,26-27H,4-11,13-14H2,1-3H3/t15?,17?,18-,19+,21?,22-,24+,25+/m1/s1. The minimum atomic E-state index is -0.149. The monoisotopic (exact) mass is 386 g/mol. The summed E-state index contributed by atoms with van der Waals surface area (Å²) >= 11 is 0. The number of ether oxygens (including phenoxy) is 1. The Morgan fingerprint density at radius 2 is 1.79 bits per heavy atom. The minimum Gasteiger partial charge on any atom is -0.512 e. The maximum Gasteiger partial charge on any atom is 0.0949 e. The zero-order valence-electron chi connectivity index (χ0n) is 17.9. The highest BCUT2D eigenvalue weighted by molar-refractivity contribution is 5.35. The van der Waals surface area contributed by atoms with Gasteiger partial charge in [-0.3, -0.25) is 0 Å². The fourth-order valence-corrected chi connectivity index (χ4v) is 8.21. The molecule has 3 nitrogen and oxygen atoms in total. The Kier molecular flexibility index (Phi) is 4.52. The van der Waals surface area contributed by atoms with Crippen molar-refractivity contribution >= 4 is 0 Å². The van der Waals surface area contributed by atoms with Gasteiger partial charge in [-0.15, -0.1) is 0 Å². The number of rotatable bonds is 1. The zero-order chi connectivity index (χ0) is 19.7. The van der Waals surface area contributed by atoms with Gasteiger partial charge in [0.15, 0.2) is 0 Å². The van der Waals surface area contributed by atoms with Gasteiger partial charge in [0.25, 0.3) is 0 Å². The summed E-state index contributed by atoms with van der Waals surface area (Å²) in [6.45, 7) is 8.15. The second-order valence-electron chi connectivity index (χ2n) is 11.0. The molecular weight excluding hydrogens is 348 g/mol. The van der Waals surface area contributed by atoms with Crippen LogP contribution in [0.1, 0.15) is 78.6 Å². The summed E-state index contributed by atoms with van der Waals surface area (Å²) in [5.41, 5.74) is 3.13. The van der Waals surface area contributed by atoms with Crippen molar-refractivity contribution in [2.45, 2.75) is 90.8 Å². The second kappa shape index (κ2) is 6.60. The van der Waals surface area contributed by atoms with E-state index in [1.807, 2.05) is 0 Å². The Bertz CT molecular complexity index is 703. The SMILES string of the molecule is CC1C=C2CC(O)CC[C@]2(C)[C@@H]2CC[C@]3(C)C(C4CCCCO4)=C(O)C[C@H]3[C@H]12. The highest BCUT2D eigenvalue weighted by Crippen LogP contribution is 2.67. The normalized spacial score (nSPS) is 51.2. The van der Waals surface area contributed by atoms with Gasteiger partial charge in [0, 0.05) is 18.6 Å². The van der Waals surface area contributed by atoms with Gasteiger partial charge < -0.3 is 14.9 Å². The Morgan fingerprint density at radius 1 is 1.00 bits per heavy atom. The molecule has 0 spiro atoms. The lowest BCUT2D eigenvalue weighted by molar-refractivity contribution is -0.0586. The Balaban J connectivity index is 1.49. The lowest BCUT2D eigenvalue weighted by atomic mass is 9.45. The van der Waals surface area contributed by atoms with E-state index in [9.17, 15) is 10.2 Å². The van der Waals surface area contributed by atoms with Crippen molar-refractivity contribution in [3.63, 3.8) is 0 Å². The van der Waals surface area contributed by atoms with Crippen LogP contribution in [0.4, 0.5) is 0 Å². The quantitative estimate of drug-likeness (QED) is 0.581. The Morgan fingerprint density at radius 3 is 2.54 bits per heavy atom. The summed E-state index contributed by atoms with van der Waals surface area (Å²) in [5, 5.41) is 21.4. The molecule has 3 fully saturated rings. The van der Waals surface area contributed by atoms with Crippen molar-refractivity contribution in [3.8, 4) is 0 Å². The van der Waals surface area contributed by atoms with Crippen LogP contribution in [-0.2, 0) is 4.74 Å². The van der Waals surface area contributed by atoms with E-state index in [1.165, 1.54) is 30.4 Å². The first-order valence-corrected chi connectivity index (χ1v) is 11.8. The van der Waals surface area contributed by atoms with Gasteiger partial charge in [-0.1, -0.05) is 32.4 Å². The first-order chi connectivity index (χ1) is 13.3. The average molecular weight is 387 g/mol. The fourth-order valence-electron chi connectivity index (χ4n) is 8.21. The summed E-state index contributed by atoms with van der Waals surface area (Å²) in [6, 6.07) is 0. The molecule has 0 amide bonds. The molecule has 0 aromatic rings. The maximum atomic E-state index is 11.1. The highest BCUT2D eigenvalue weighted by atomic mass is 16.5. The molecule has 4 aliphatic carbocycles. The third-order valence-electron chi connectivity index (χ3n) is 9.64. The number of fused-ring (bicyclic) bond motifs is 5. The molecule has 5 aliphatic rings. The first kappa shape index (κ1) is 19.2. The van der Waals surface area contributed by atoms with Gasteiger partial charge in [-0.25, -0.2) is 0 Å². The molecule has 1 aliphatic heterocycles. The van der Waals surface area contributed by atoms with Gasteiger partial charge >= 0.3 is 0 Å². The molecule has 1 saturated heterocycles. The van der Waals surface area contributed by atoms with Crippen LogP contribution in [-0.4, -0.2) is 29.0 Å². The number of allylic oxidation sites excluding steroid dienone is 2. The summed E-state index contributed by atoms with van der Waals surface area (Å²) in [5.74, 6) is 3.04. The molecule has 8 atom stereocenters. The van der Waals surface area contributed by atoms with Crippen LogP contribution in [0.5, 0.6) is 0 Å². The average Bonchev–Trinajstić information content (AvgIpc) is 2.94. The van der Waals surface area contributed by atoms with Crippen molar-refractivity contribution in [1.29, 1.82) is 0 Å². The molecule has 0 bridgehead atoms. The summed E-state index contributed by atoms with van der Waals surface area (Å²) < 4.78 is 6.17. The predicted octanol–water partition coefficient (Wildman–Crippen LogP) is 5.55. The van der Waals surface area contributed by atoms with Gasteiger partial charge in [0.1, 0.15) is 0 Å². The molecule has 3 heteroatoms. The van der Waals surface area contributed by atoms with Crippen molar-refractivity contribution in [2.24, 2.45) is 34.5 Å². The second-order valence-corrected chi connectivity index (χ2v) is 11.0. The van der Waals surface area contributed by atoms with E-state index < -0.39 is 0 Å². The highest BCUT2D eigenvalue weighted by Gasteiger charge is 2.60. The lowest BCUT2D eigenvalue weighted by Gasteiger charge is -2.59. The van der Waals surface area contributed by atoms with E-state index in [4.69, 9.17) is 4.74 Å². The van der Waals surface area contributed by atoms with Crippen LogP contribution in [0, 0.1) is 34.5 Å². The number of aliphatic hydroxyl groups excluding tert-OH is 2. The molecular formula is C25H38O3. The summed E-state index contributed by atoms with van der Waals surface area (Å²) in [6.07, 6.45) is 12.2. The minimum absolute atomic E-state index is 0.0946. The maximum absolute atomic E-state index is 11.1. The van der Waals surface area contributed by atoms with Gasteiger partial charge in [0.2, 0.25) is 0 Å². The number of hydrogen-bond acceptors (Lipinski definition) is 3. The molecule has 3 unspecified atom stereocenters. The Labute approximate surface area is 170 Å². The third-order valence-corrected chi connectivity index (χ3v) is 9.64. The van der Waals surface area contributed by atoms with Crippen molar-refractivity contribution < 1.29 is 14.9 Å². The van der Waals surface area contributed by atoms with E-state index in [0.29, 0.717) is 29.4 Å². The zero-order valence-corrected chi connectivity index (χ0v) is 17.9. The Hall–Kier alpha value is -0.800. The van der Waals surface area contributed by atoms with E-state index in [2.05, 4.69) is 26.8 Å². The van der Waals surface area contributed by atoms with Crippen LogP contribution in [0.15, 0.2) is 23.0 Å². The molecule has 0 aromatic carbocycles. The molecule has 156 valence electrons. The molecule has 0 radical (unpaired) electrons. The topological polar surface area (TPSA) is 49.7 Å². The molecule has 0 aromatic heterocycles. The molecule has 28 heavy (non-hydrogen) atoms. The van der Waals surface area contributed by atoms with Gasteiger partial charge in [0.05, 0.1) is 18.0 Å². The number of hydrogen-bond donors (Lipinski definition) is 2. The molecule has 1 heterocycles.